The summed E-state index contributed by atoms with van der Waals surface area (Å²) in [4.78, 5) is 0. The first-order valence-corrected chi connectivity index (χ1v) is 7.03. The lowest BCUT2D eigenvalue weighted by molar-refractivity contribution is 0.131. The molecule has 0 aromatic heterocycles. The van der Waals surface area contributed by atoms with Crippen molar-refractivity contribution >= 4 is 15.9 Å². The molecule has 5 nitrogen and oxygen atoms in total. The zero-order valence-corrected chi connectivity index (χ0v) is 12.2. The molecule has 6 heteroatoms. The molecule has 18 heavy (non-hydrogen) atoms. The van der Waals surface area contributed by atoms with Crippen LogP contribution in [0.4, 0.5) is 5.69 Å². The van der Waals surface area contributed by atoms with Gasteiger partial charge in [-0.3, -0.25) is 4.72 Å². The molecule has 0 saturated carbocycles. The van der Waals surface area contributed by atoms with E-state index >= 15 is 0 Å². The van der Waals surface area contributed by atoms with Crippen LogP contribution in [0.3, 0.4) is 0 Å². The average molecular weight is 272 g/mol. The Labute approximate surface area is 109 Å². The van der Waals surface area contributed by atoms with Gasteiger partial charge in [-0.15, -0.1) is 0 Å². The number of nitrogens with one attached hydrogen (secondary N) is 1. The molecule has 0 aliphatic heterocycles. The molecule has 1 N–H and O–H groups in total. The van der Waals surface area contributed by atoms with E-state index < -0.39 is 10.2 Å². The smallest absolute Gasteiger partial charge is 0.301 e. The Bertz CT molecular complexity index is 487. The van der Waals surface area contributed by atoms with Crippen molar-refractivity contribution in [1.29, 1.82) is 0 Å². The SMILES string of the molecule is CN(C)S(=O)(=O)Nc1ccc(OC(C)(C)C)cc1. The second-order valence-electron chi connectivity index (χ2n) is 5.13. The fourth-order valence-corrected chi connectivity index (χ4v) is 1.80. The average Bonchev–Trinajstić information content (AvgIpc) is 2.18. The highest BCUT2D eigenvalue weighted by atomic mass is 32.2. The molecular weight excluding hydrogens is 252 g/mol. The van der Waals surface area contributed by atoms with Gasteiger partial charge < -0.3 is 4.74 Å². The largest absolute Gasteiger partial charge is 0.488 e. The first-order chi connectivity index (χ1) is 8.10. The Balaban J connectivity index is 2.79. The van der Waals surface area contributed by atoms with E-state index in [1.165, 1.54) is 14.1 Å². The zero-order chi connectivity index (χ0) is 14.0. The number of ether oxygens (including phenoxy) is 1. The van der Waals surface area contributed by atoms with Gasteiger partial charge in [0.1, 0.15) is 11.4 Å². The summed E-state index contributed by atoms with van der Waals surface area (Å²) in [6, 6.07) is 6.81. The van der Waals surface area contributed by atoms with Crippen molar-refractivity contribution in [3.63, 3.8) is 0 Å². The van der Waals surface area contributed by atoms with Crippen LogP contribution in [0, 0.1) is 0 Å². The van der Waals surface area contributed by atoms with E-state index in [4.69, 9.17) is 4.74 Å². The number of rotatable bonds is 4. The number of anilines is 1. The van der Waals surface area contributed by atoms with Crippen molar-refractivity contribution in [3.8, 4) is 5.75 Å². The molecule has 1 aromatic carbocycles. The molecular formula is C12H20N2O3S. The number of hydrogen-bond donors (Lipinski definition) is 1. The van der Waals surface area contributed by atoms with E-state index in [9.17, 15) is 8.42 Å². The highest BCUT2D eigenvalue weighted by molar-refractivity contribution is 7.90. The van der Waals surface area contributed by atoms with Crippen LogP contribution < -0.4 is 9.46 Å². The molecule has 0 amide bonds. The van der Waals surface area contributed by atoms with Gasteiger partial charge in [0, 0.05) is 14.1 Å². The van der Waals surface area contributed by atoms with Gasteiger partial charge in [0.2, 0.25) is 0 Å². The number of benzene rings is 1. The monoisotopic (exact) mass is 272 g/mol. The van der Waals surface area contributed by atoms with E-state index in [1.807, 2.05) is 20.8 Å². The number of hydrogen-bond acceptors (Lipinski definition) is 3. The molecule has 0 spiro atoms. The zero-order valence-electron chi connectivity index (χ0n) is 11.4. The second kappa shape index (κ2) is 5.16. The van der Waals surface area contributed by atoms with Crippen LogP contribution in [0.25, 0.3) is 0 Å². The van der Waals surface area contributed by atoms with Gasteiger partial charge >= 0.3 is 10.2 Å². The molecule has 0 radical (unpaired) electrons. The first kappa shape index (κ1) is 14.8. The molecule has 0 aliphatic rings. The van der Waals surface area contributed by atoms with Crippen molar-refractivity contribution in [2.45, 2.75) is 26.4 Å². The first-order valence-electron chi connectivity index (χ1n) is 5.59. The number of nitrogens with zero attached hydrogens (tertiary/aromatic N) is 1. The fourth-order valence-electron chi connectivity index (χ4n) is 1.18. The predicted octanol–water partition coefficient (Wildman–Crippen LogP) is 2.08. The molecule has 0 heterocycles. The van der Waals surface area contributed by atoms with Gasteiger partial charge in [-0.05, 0) is 45.0 Å². The third-order valence-corrected chi connectivity index (χ3v) is 3.46. The Morgan fingerprint density at radius 1 is 1.11 bits per heavy atom. The minimum absolute atomic E-state index is 0.273. The standard InChI is InChI=1S/C12H20N2O3S/c1-12(2,3)17-11-8-6-10(7-9-11)13-18(15,16)14(4)5/h6-9,13H,1-5H3. The molecule has 1 rings (SSSR count). The van der Waals surface area contributed by atoms with Crippen molar-refractivity contribution in [2.75, 3.05) is 18.8 Å². The molecule has 0 saturated heterocycles. The maximum Gasteiger partial charge on any atom is 0.301 e. The second-order valence-corrected chi connectivity index (χ2v) is 7.01. The highest BCUT2D eigenvalue weighted by Gasteiger charge is 2.14. The Hall–Kier alpha value is -1.27. The maximum absolute atomic E-state index is 11.6. The molecule has 0 unspecified atom stereocenters. The normalized spacial score (nSPS) is 12.6. The van der Waals surface area contributed by atoms with E-state index in [-0.39, 0.29) is 5.60 Å². The van der Waals surface area contributed by atoms with Crippen LogP contribution in [0.5, 0.6) is 5.75 Å². The van der Waals surface area contributed by atoms with Gasteiger partial charge in [-0.25, -0.2) is 0 Å². The maximum atomic E-state index is 11.6. The lowest BCUT2D eigenvalue weighted by Crippen LogP contribution is -2.28. The van der Waals surface area contributed by atoms with Crippen molar-refractivity contribution in [3.05, 3.63) is 24.3 Å². The van der Waals surface area contributed by atoms with Crippen molar-refractivity contribution in [2.24, 2.45) is 0 Å². The van der Waals surface area contributed by atoms with Crippen LogP contribution in [0.1, 0.15) is 20.8 Å². The topological polar surface area (TPSA) is 58.6 Å². The van der Waals surface area contributed by atoms with Gasteiger partial charge in [0.05, 0.1) is 5.69 Å². The summed E-state index contributed by atoms with van der Waals surface area (Å²) in [6.07, 6.45) is 0. The molecule has 0 aliphatic carbocycles. The van der Waals surface area contributed by atoms with Crippen LogP contribution in [-0.2, 0) is 10.2 Å². The third-order valence-electron chi connectivity index (χ3n) is 2.01. The van der Waals surface area contributed by atoms with Gasteiger partial charge in [0.25, 0.3) is 0 Å². The van der Waals surface area contributed by atoms with E-state index in [0.717, 1.165) is 4.31 Å². The molecule has 0 fully saturated rings. The van der Waals surface area contributed by atoms with Crippen LogP contribution in [0.15, 0.2) is 24.3 Å². The molecule has 1 aromatic rings. The Morgan fingerprint density at radius 3 is 2.00 bits per heavy atom. The third kappa shape index (κ3) is 4.54. The highest BCUT2D eigenvalue weighted by Crippen LogP contribution is 2.21. The van der Waals surface area contributed by atoms with Gasteiger partial charge in [0.15, 0.2) is 0 Å². The van der Waals surface area contributed by atoms with Crippen molar-refractivity contribution < 1.29 is 13.2 Å². The van der Waals surface area contributed by atoms with Crippen LogP contribution in [0.2, 0.25) is 0 Å². The van der Waals surface area contributed by atoms with Crippen LogP contribution in [-0.4, -0.2) is 32.4 Å². The molecule has 0 bridgehead atoms. The molecule has 0 atom stereocenters. The van der Waals surface area contributed by atoms with Gasteiger partial charge in [-0.2, -0.15) is 12.7 Å². The summed E-state index contributed by atoms with van der Waals surface area (Å²) in [5, 5.41) is 0. The van der Waals surface area contributed by atoms with E-state index in [2.05, 4.69) is 4.72 Å². The summed E-state index contributed by atoms with van der Waals surface area (Å²) < 4.78 is 32.4. The summed E-state index contributed by atoms with van der Waals surface area (Å²) in [7, 11) is -0.513. The minimum atomic E-state index is -3.46. The van der Waals surface area contributed by atoms with E-state index in [1.54, 1.807) is 24.3 Å². The predicted molar refractivity (Wildman–Crippen MR) is 73.1 cm³/mol. The summed E-state index contributed by atoms with van der Waals surface area (Å²) in [5.41, 5.74) is 0.231. The fraction of sp³-hybridized carbons (Fsp3) is 0.500. The Kier molecular flexibility index (Phi) is 4.24. The lowest BCUT2D eigenvalue weighted by atomic mass is 10.2. The van der Waals surface area contributed by atoms with Crippen molar-refractivity contribution in [1.82, 2.24) is 4.31 Å². The summed E-state index contributed by atoms with van der Waals surface area (Å²) in [6.45, 7) is 5.86. The summed E-state index contributed by atoms with van der Waals surface area (Å²) in [5.74, 6) is 0.704. The Morgan fingerprint density at radius 2 is 1.61 bits per heavy atom. The lowest BCUT2D eigenvalue weighted by Gasteiger charge is -2.21. The van der Waals surface area contributed by atoms with E-state index in [0.29, 0.717) is 11.4 Å². The molecule has 102 valence electrons. The van der Waals surface area contributed by atoms with Gasteiger partial charge in [-0.1, -0.05) is 0 Å². The quantitative estimate of drug-likeness (QED) is 0.913. The summed E-state index contributed by atoms with van der Waals surface area (Å²) >= 11 is 0. The van der Waals surface area contributed by atoms with Crippen LogP contribution >= 0.6 is 0 Å². The minimum Gasteiger partial charge on any atom is -0.488 e.